The Labute approximate surface area is 284 Å². The van der Waals surface area contributed by atoms with Crippen molar-refractivity contribution in [3.8, 4) is 0 Å². The SMILES string of the molecule is CN1C(=O)[C@H]2C[C@@]3(CN2C(=O)c2cc([N+](=O)[O-])ccc21)O[C@H](COCc1ccccc1)[C@@H](OCc1ccccc1)[C@@H]3OCc1ccccc1. The Balaban J connectivity index is 1.23. The van der Waals surface area contributed by atoms with Crippen LogP contribution in [0, 0.1) is 10.1 Å². The summed E-state index contributed by atoms with van der Waals surface area (Å²) in [5, 5.41) is 11.6. The molecule has 2 saturated heterocycles. The molecular formula is C38H37N3O8. The highest BCUT2D eigenvalue weighted by molar-refractivity contribution is 6.11. The van der Waals surface area contributed by atoms with Crippen LogP contribution in [0.5, 0.6) is 0 Å². The number of nitro benzene ring substituents is 1. The molecule has 3 aliphatic heterocycles. The lowest BCUT2D eigenvalue weighted by Crippen LogP contribution is -2.48. The molecule has 5 atom stereocenters. The summed E-state index contributed by atoms with van der Waals surface area (Å²) in [5.74, 6) is -0.789. The van der Waals surface area contributed by atoms with Crippen molar-refractivity contribution in [2.24, 2.45) is 0 Å². The molecule has 0 aliphatic carbocycles. The van der Waals surface area contributed by atoms with Crippen molar-refractivity contribution in [1.29, 1.82) is 0 Å². The highest BCUT2D eigenvalue weighted by Crippen LogP contribution is 2.47. The summed E-state index contributed by atoms with van der Waals surface area (Å²) >= 11 is 0. The van der Waals surface area contributed by atoms with Crippen LogP contribution in [0.15, 0.2) is 109 Å². The molecule has 0 aromatic heterocycles. The van der Waals surface area contributed by atoms with E-state index in [1.165, 1.54) is 28.0 Å². The number of amides is 2. The van der Waals surface area contributed by atoms with Gasteiger partial charge in [-0.1, -0.05) is 91.0 Å². The molecule has 3 heterocycles. The Bertz CT molecular complexity index is 1810. The monoisotopic (exact) mass is 663 g/mol. The van der Waals surface area contributed by atoms with Crippen LogP contribution in [0.1, 0.15) is 33.5 Å². The Kier molecular flexibility index (Phi) is 9.24. The lowest BCUT2D eigenvalue weighted by molar-refractivity contribution is -0.384. The topological polar surface area (TPSA) is 121 Å². The number of anilines is 1. The third-order valence-electron chi connectivity index (χ3n) is 9.53. The number of nitro groups is 1. The first-order valence-electron chi connectivity index (χ1n) is 16.3. The van der Waals surface area contributed by atoms with Crippen LogP contribution < -0.4 is 4.90 Å². The van der Waals surface area contributed by atoms with E-state index < -0.39 is 40.8 Å². The molecule has 3 aliphatic rings. The van der Waals surface area contributed by atoms with E-state index in [9.17, 15) is 19.7 Å². The normalized spacial score (nSPS) is 24.6. The molecule has 11 heteroatoms. The van der Waals surface area contributed by atoms with Gasteiger partial charge >= 0.3 is 0 Å². The van der Waals surface area contributed by atoms with Gasteiger partial charge in [0.2, 0.25) is 5.91 Å². The second-order valence-corrected chi connectivity index (χ2v) is 12.7. The van der Waals surface area contributed by atoms with E-state index in [-0.39, 0.29) is 49.9 Å². The van der Waals surface area contributed by atoms with Crippen LogP contribution in [-0.2, 0) is 43.6 Å². The van der Waals surface area contributed by atoms with Gasteiger partial charge in [0.25, 0.3) is 11.6 Å². The highest BCUT2D eigenvalue weighted by Gasteiger charge is 2.64. The van der Waals surface area contributed by atoms with Crippen molar-refractivity contribution in [1.82, 2.24) is 4.90 Å². The average Bonchev–Trinajstić information content (AvgIpc) is 3.64. The van der Waals surface area contributed by atoms with E-state index in [1.54, 1.807) is 7.05 Å². The zero-order valence-electron chi connectivity index (χ0n) is 27.1. The summed E-state index contributed by atoms with van der Waals surface area (Å²) in [4.78, 5) is 42.2. The molecule has 0 radical (unpaired) electrons. The maximum Gasteiger partial charge on any atom is 0.270 e. The van der Waals surface area contributed by atoms with Crippen LogP contribution in [0.25, 0.3) is 0 Å². The fourth-order valence-corrected chi connectivity index (χ4v) is 7.12. The number of benzene rings is 4. The minimum atomic E-state index is -1.13. The second-order valence-electron chi connectivity index (χ2n) is 12.7. The Hall–Kier alpha value is -4.94. The van der Waals surface area contributed by atoms with Crippen LogP contribution in [-0.4, -0.2) is 71.8 Å². The summed E-state index contributed by atoms with van der Waals surface area (Å²) < 4.78 is 26.5. The molecule has 0 saturated carbocycles. The van der Waals surface area contributed by atoms with Gasteiger partial charge in [0.1, 0.15) is 30.0 Å². The molecule has 1 spiro atoms. The van der Waals surface area contributed by atoms with Gasteiger partial charge in [-0.05, 0) is 22.8 Å². The smallest absolute Gasteiger partial charge is 0.270 e. The summed E-state index contributed by atoms with van der Waals surface area (Å²) in [5.41, 5.74) is 1.98. The fraction of sp³-hybridized carbons (Fsp3) is 0.316. The number of hydrogen-bond donors (Lipinski definition) is 0. The van der Waals surface area contributed by atoms with Gasteiger partial charge in [0.05, 0.1) is 49.1 Å². The van der Waals surface area contributed by atoms with Crippen LogP contribution >= 0.6 is 0 Å². The number of likely N-dealkylation sites (N-methyl/N-ethyl adjacent to an activating group) is 1. The number of non-ortho nitro benzene ring substituents is 1. The first kappa shape index (κ1) is 32.6. The van der Waals surface area contributed by atoms with Crippen molar-refractivity contribution < 1.29 is 33.5 Å². The molecule has 2 amide bonds. The second kappa shape index (κ2) is 13.9. The number of ether oxygens (including phenoxy) is 4. The van der Waals surface area contributed by atoms with E-state index in [1.807, 2.05) is 91.0 Å². The third kappa shape index (κ3) is 6.58. The number of nitrogens with zero attached hydrogens (tertiary/aromatic N) is 3. The van der Waals surface area contributed by atoms with Crippen molar-refractivity contribution in [2.75, 3.05) is 25.1 Å². The number of carbonyl (C=O) groups excluding carboxylic acids is 2. The summed E-state index contributed by atoms with van der Waals surface area (Å²) in [6.45, 7) is 1.11. The van der Waals surface area contributed by atoms with Crippen molar-refractivity contribution >= 4 is 23.2 Å². The maximum atomic E-state index is 14.2. The number of hydrogen-bond acceptors (Lipinski definition) is 8. The van der Waals surface area contributed by atoms with E-state index in [2.05, 4.69) is 0 Å². The first-order valence-corrected chi connectivity index (χ1v) is 16.3. The van der Waals surface area contributed by atoms with Crippen LogP contribution in [0.2, 0.25) is 0 Å². The maximum absolute atomic E-state index is 14.2. The zero-order chi connectivity index (χ0) is 34.0. The fourth-order valence-electron chi connectivity index (χ4n) is 7.12. The molecule has 0 unspecified atom stereocenters. The Morgan fingerprint density at radius 1 is 0.837 bits per heavy atom. The molecule has 49 heavy (non-hydrogen) atoms. The quantitative estimate of drug-likeness (QED) is 0.156. The van der Waals surface area contributed by atoms with Crippen LogP contribution in [0.4, 0.5) is 11.4 Å². The van der Waals surface area contributed by atoms with Gasteiger partial charge in [0.15, 0.2) is 0 Å². The number of rotatable bonds is 11. The van der Waals surface area contributed by atoms with Crippen molar-refractivity contribution in [3.05, 3.63) is 142 Å². The predicted octanol–water partition coefficient (Wildman–Crippen LogP) is 5.31. The largest absolute Gasteiger partial charge is 0.374 e. The molecule has 0 bridgehead atoms. The van der Waals surface area contributed by atoms with E-state index >= 15 is 0 Å². The molecule has 4 aromatic carbocycles. The molecule has 2 fully saturated rings. The van der Waals surface area contributed by atoms with E-state index in [4.69, 9.17) is 18.9 Å². The summed E-state index contributed by atoms with van der Waals surface area (Å²) in [7, 11) is 1.58. The highest BCUT2D eigenvalue weighted by atomic mass is 16.6. The Morgan fingerprint density at radius 3 is 2.04 bits per heavy atom. The zero-order valence-corrected chi connectivity index (χ0v) is 27.1. The lowest BCUT2D eigenvalue weighted by atomic mass is 9.90. The van der Waals surface area contributed by atoms with Gasteiger partial charge in [0, 0.05) is 25.6 Å². The third-order valence-corrected chi connectivity index (χ3v) is 9.53. The standard InChI is InChI=1S/C38H37N3O8/c1-39-31-18-17-29(41(44)45)19-30(31)36(42)40-25-38(20-32(40)37(39)43)35(48-23-28-15-9-4-10-16-28)34(47-22-27-13-7-3-8-14-27)33(49-38)24-46-21-26-11-5-2-6-12-26/h2-19,32-35H,20-25H2,1H3/t32-,33-,34-,35+,38+/m1/s1. The van der Waals surface area contributed by atoms with E-state index in [0.717, 1.165) is 16.7 Å². The molecule has 11 nitrogen and oxygen atoms in total. The van der Waals surface area contributed by atoms with Crippen LogP contribution in [0.3, 0.4) is 0 Å². The molecule has 0 N–H and O–H groups in total. The van der Waals surface area contributed by atoms with Gasteiger partial charge in [-0.25, -0.2) is 0 Å². The van der Waals surface area contributed by atoms with Gasteiger partial charge < -0.3 is 28.7 Å². The minimum Gasteiger partial charge on any atom is -0.374 e. The number of fused-ring (bicyclic) bond motifs is 2. The predicted molar refractivity (Wildman–Crippen MR) is 180 cm³/mol. The first-order chi connectivity index (χ1) is 23.8. The van der Waals surface area contributed by atoms with E-state index in [0.29, 0.717) is 12.3 Å². The van der Waals surface area contributed by atoms with Gasteiger partial charge in [-0.3, -0.25) is 19.7 Å². The number of carbonyl (C=O) groups is 2. The minimum absolute atomic E-state index is 0.0258. The Morgan fingerprint density at radius 2 is 1.43 bits per heavy atom. The molecule has 252 valence electrons. The molecule has 4 aromatic rings. The molecular weight excluding hydrogens is 626 g/mol. The average molecular weight is 664 g/mol. The lowest BCUT2D eigenvalue weighted by Gasteiger charge is -2.32. The van der Waals surface area contributed by atoms with Gasteiger partial charge in [-0.15, -0.1) is 0 Å². The molecule has 7 rings (SSSR count). The van der Waals surface area contributed by atoms with Crippen molar-refractivity contribution in [2.45, 2.75) is 56.2 Å². The van der Waals surface area contributed by atoms with Crippen molar-refractivity contribution in [3.63, 3.8) is 0 Å². The summed E-state index contributed by atoms with van der Waals surface area (Å²) in [6, 6.07) is 32.5. The summed E-state index contributed by atoms with van der Waals surface area (Å²) in [6.07, 6.45) is -1.74. The van der Waals surface area contributed by atoms with Gasteiger partial charge in [-0.2, -0.15) is 0 Å².